The summed E-state index contributed by atoms with van der Waals surface area (Å²) in [4.78, 5) is 0. The van der Waals surface area contributed by atoms with Gasteiger partial charge in [0, 0.05) is 12.4 Å². The first-order valence-corrected chi connectivity index (χ1v) is 4.83. The minimum absolute atomic E-state index is 0.0827. The van der Waals surface area contributed by atoms with Crippen LogP contribution in [0.15, 0.2) is 24.9 Å². The van der Waals surface area contributed by atoms with Gasteiger partial charge in [-0.25, -0.2) is 4.68 Å². The van der Waals surface area contributed by atoms with Crippen LogP contribution >= 0.6 is 0 Å². The molecule has 0 aliphatic rings. The third-order valence-electron chi connectivity index (χ3n) is 2.18. The quantitative estimate of drug-likeness (QED) is 0.698. The standard InChI is InChI=1S/C12H18N2/c1-6-9-14-11(7-8-13-14)10(2)12(3,4)5/h6-9H,2H2,1,3-5H3/b9-6-. The van der Waals surface area contributed by atoms with E-state index < -0.39 is 0 Å². The average Bonchev–Trinajstić information content (AvgIpc) is 2.50. The first-order chi connectivity index (χ1) is 6.46. The summed E-state index contributed by atoms with van der Waals surface area (Å²) in [5.41, 5.74) is 2.27. The number of hydrogen-bond acceptors (Lipinski definition) is 1. The Hall–Kier alpha value is -1.31. The van der Waals surface area contributed by atoms with Crippen LogP contribution in [0.1, 0.15) is 33.4 Å². The zero-order valence-electron chi connectivity index (χ0n) is 9.41. The van der Waals surface area contributed by atoms with Gasteiger partial charge in [-0.15, -0.1) is 0 Å². The van der Waals surface area contributed by atoms with Crippen molar-refractivity contribution in [1.82, 2.24) is 9.78 Å². The summed E-state index contributed by atoms with van der Waals surface area (Å²) in [6.45, 7) is 12.6. The van der Waals surface area contributed by atoms with Crippen molar-refractivity contribution in [2.24, 2.45) is 5.41 Å². The molecule has 2 nitrogen and oxygen atoms in total. The molecule has 0 saturated carbocycles. The van der Waals surface area contributed by atoms with Gasteiger partial charge in [0.05, 0.1) is 5.69 Å². The Kier molecular flexibility index (Phi) is 2.94. The molecule has 76 valence electrons. The van der Waals surface area contributed by atoms with E-state index in [1.807, 2.05) is 29.9 Å². The van der Waals surface area contributed by atoms with Crippen LogP contribution in [0.25, 0.3) is 11.8 Å². The molecule has 1 aromatic heterocycles. The second-order valence-electron chi connectivity index (χ2n) is 4.37. The SMILES string of the molecule is C=C(c1ccnn1/C=C\C)C(C)(C)C. The lowest BCUT2D eigenvalue weighted by molar-refractivity contribution is 0.563. The maximum atomic E-state index is 4.21. The van der Waals surface area contributed by atoms with Crippen LogP contribution in [0.5, 0.6) is 0 Å². The van der Waals surface area contributed by atoms with Gasteiger partial charge in [-0.05, 0) is 24.0 Å². The number of allylic oxidation sites excluding steroid dienone is 2. The zero-order valence-corrected chi connectivity index (χ0v) is 9.41. The fourth-order valence-electron chi connectivity index (χ4n) is 1.20. The van der Waals surface area contributed by atoms with E-state index in [2.05, 4.69) is 32.4 Å². The predicted octanol–water partition coefficient (Wildman–Crippen LogP) is 3.43. The van der Waals surface area contributed by atoms with Crippen molar-refractivity contribution in [2.45, 2.75) is 27.7 Å². The first kappa shape index (κ1) is 10.8. The predicted molar refractivity (Wildman–Crippen MR) is 61.7 cm³/mol. The van der Waals surface area contributed by atoms with E-state index in [1.165, 1.54) is 0 Å². The largest absolute Gasteiger partial charge is 0.241 e. The molecular formula is C12H18N2. The van der Waals surface area contributed by atoms with Gasteiger partial charge in [-0.3, -0.25) is 0 Å². The van der Waals surface area contributed by atoms with Crippen molar-refractivity contribution >= 4 is 11.8 Å². The second kappa shape index (κ2) is 3.82. The number of aromatic nitrogens is 2. The van der Waals surface area contributed by atoms with Crippen molar-refractivity contribution in [1.29, 1.82) is 0 Å². The smallest absolute Gasteiger partial charge is 0.0692 e. The van der Waals surface area contributed by atoms with E-state index >= 15 is 0 Å². The molecule has 0 aliphatic carbocycles. The van der Waals surface area contributed by atoms with Crippen molar-refractivity contribution < 1.29 is 0 Å². The molecule has 0 N–H and O–H groups in total. The van der Waals surface area contributed by atoms with Crippen molar-refractivity contribution in [3.63, 3.8) is 0 Å². The molecule has 0 aromatic carbocycles. The molecule has 0 atom stereocenters. The van der Waals surface area contributed by atoms with E-state index in [1.54, 1.807) is 6.20 Å². The Labute approximate surface area is 85.9 Å². The highest BCUT2D eigenvalue weighted by Gasteiger charge is 2.18. The molecule has 0 unspecified atom stereocenters. The van der Waals surface area contributed by atoms with Crippen molar-refractivity contribution in [3.8, 4) is 0 Å². The molecule has 1 heterocycles. The molecule has 1 aromatic rings. The molecule has 2 heteroatoms. The summed E-state index contributed by atoms with van der Waals surface area (Å²) in [6, 6.07) is 1.99. The minimum Gasteiger partial charge on any atom is -0.241 e. The normalized spacial score (nSPS) is 12.3. The third kappa shape index (κ3) is 2.13. The van der Waals surface area contributed by atoms with Crippen LogP contribution in [0.3, 0.4) is 0 Å². The Morgan fingerprint density at radius 3 is 2.64 bits per heavy atom. The highest BCUT2D eigenvalue weighted by molar-refractivity contribution is 5.65. The summed E-state index contributed by atoms with van der Waals surface area (Å²) in [7, 11) is 0. The minimum atomic E-state index is 0.0827. The van der Waals surface area contributed by atoms with Crippen LogP contribution in [-0.2, 0) is 0 Å². The fourth-order valence-corrected chi connectivity index (χ4v) is 1.20. The van der Waals surface area contributed by atoms with Gasteiger partial charge in [0.1, 0.15) is 0 Å². The number of nitrogens with zero attached hydrogens (tertiary/aromatic N) is 2. The summed E-state index contributed by atoms with van der Waals surface area (Å²) in [5.74, 6) is 0. The lowest BCUT2D eigenvalue weighted by Gasteiger charge is -2.21. The third-order valence-corrected chi connectivity index (χ3v) is 2.18. The first-order valence-electron chi connectivity index (χ1n) is 4.83. The molecule has 0 fully saturated rings. The lowest BCUT2D eigenvalue weighted by atomic mass is 9.86. The van der Waals surface area contributed by atoms with Gasteiger partial charge < -0.3 is 0 Å². The van der Waals surface area contributed by atoms with Crippen LogP contribution in [0.4, 0.5) is 0 Å². The monoisotopic (exact) mass is 190 g/mol. The zero-order chi connectivity index (χ0) is 10.8. The molecule has 14 heavy (non-hydrogen) atoms. The van der Waals surface area contributed by atoms with Crippen molar-refractivity contribution in [2.75, 3.05) is 0 Å². The fraction of sp³-hybridized carbons (Fsp3) is 0.417. The summed E-state index contributed by atoms with van der Waals surface area (Å²) >= 11 is 0. The topological polar surface area (TPSA) is 17.8 Å². The Bertz CT molecular complexity index is 351. The lowest BCUT2D eigenvalue weighted by Crippen LogP contribution is -2.10. The van der Waals surface area contributed by atoms with E-state index in [9.17, 15) is 0 Å². The number of hydrogen-bond donors (Lipinski definition) is 0. The molecule has 0 radical (unpaired) electrons. The van der Waals surface area contributed by atoms with E-state index in [0.29, 0.717) is 0 Å². The van der Waals surface area contributed by atoms with Crippen LogP contribution in [0.2, 0.25) is 0 Å². The van der Waals surface area contributed by atoms with Gasteiger partial charge in [0.15, 0.2) is 0 Å². The molecular weight excluding hydrogens is 172 g/mol. The van der Waals surface area contributed by atoms with Gasteiger partial charge >= 0.3 is 0 Å². The van der Waals surface area contributed by atoms with Gasteiger partial charge in [-0.1, -0.05) is 33.4 Å². The van der Waals surface area contributed by atoms with Gasteiger partial charge in [0.2, 0.25) is 0 Å². The molecule has 0 amide bonds. The molecule has 1 rings (SSSR count). The Balaban J connectivity index is 3.07. The van der Waals surface area contributed by atoms with Crippen LogP contribution in [0, 0.1) is 5.41 Å². The Morgan fingerprint density at radius 2 is 2.14 bits per heavy atom. The number of rotatable bonds is 2. The van der Waals surface area contributed by atoms with E-state index in [-0.39, 0.29) is 5.41 Å². The second-order valence-corrected chi connectivity index (χ2v) is 4.37. The Morgan fingerprint density at radius 1 is 1.50 bits per heavy atom. The summed E-state index contributed by atoms with van der Waals surface area (Å²) in [6.07, 6.45) is 5.70. The van der Waals surface area contributed by atoms with Crippen molar-refractivity contribution in [3.05, 3.63) is 30.6 Å². The summed E-state index contributed by atoms with van der Waals surface area (Å²) < 4.78 is 1.85. The summed E-state index contributed by atoms with van der Waals surface area (Å²) in [5, 5.41) is 4.21. The molecule has 0 bridgehead atoms. The maximum absolute atomic E-state index is 4.21. The molecule has 0 aliphatic heterocycles. The highest BCUT2D eigenvalue weighted by atomic mass is 15.3. The van der Waals surface area contributed by atoms with Crippen LogP contribution < -0.4 is 0 Å². The van der Waals surface area contributed by atoms with Gasteiger partial charge in [0.25, 0.3) is 0 Å². The molecule has 0 saturated heterocycles. The average molecular weight is 190 g/mol. The van der Waals surface area contributed by atoms with E-state index in [4.69, 9.17) is 0 Å². The maximum Gasteiger partial charge on any atom is 0.0692 e. The molecule has 0 spiro atoms. The van der Waals surface area contributed by atoms with Gasteiger partial charge in [-0.2, -0.15) is 5.10 Å². The van der Waals surface area contributed by atoms with E-state index in [0.717, 1.165) is 11.3 Å². The van der Waals surface area contributed by atoms with Crippen LogP contribution in [-0.4, -0.2) is 9.78 Å². The highest BCUT2D eigenvalue weighted by Crippen LogP contribution is 2.31.